The van der Waals surface area contributed by atoms with E-state index in [1.165, 1.54) is 37.5 Å². The van der Waals surface area contributed by atoms with Crippen LogP contribution in [0.3, 0.4) is 0 Å². The van der Waals surface area contributed by atoms with Crippen LogP contribution in [-0.2, 0) is 16.4 Å². The van der Waals surface area contributed by atoms with Crippen LogP contribution in [0.2, 0.25) is 5.02 Å². The van der Waals surface area contributed by atoms with Crippen molar-refractivity contribution >= 4 is 27.5 Å². The molecule has 0 bridgehead atoms. The summed E-state index contributed by atoms with van der Waals surface area (Å²) >= 11 is 6.03. The number of carboxylic acid groups (broad SMARTS) is 1. The number of rotatable bonds is 5. The maximum atomic E-state index is 14.0. The van der Waals surface area contributed by atoms with E-state index in [2.05, 4.69) is 10.1 Å². The van der Waals surface area contributed by atoms with E-state index in [1.54, 1.807) is 13.0 Å². The van der Waals surface area contributed by atoms with Gasteiger partial charge in [0.05, 0.1) is 22.8 Å². The molecule has 0 fully saturated rings. The average molecular weight is 439 g/mol. The van der Waals surface area contributed by atoms with Crippen LogP contribution in [0.25, 0.3) is 5.69 Å². The molecular formula is C18H16ClFN4O4S. The van der Waals surface area contributed by atoms with Gasteiger partial charge < -0.3 is 10.0 Å². The zero-order valence-corrected chi connectivity index (χ0v) is 16.9. The molecule has 0 aliphatic carbocycles. The molecule has 0 radical (unpaired) electrons. The first-order valence-corrected chi connectivity index (χ1v) is 10.1. The largest absolute Gasteiger partial charge is 0.465 e. The van der Waals surface area contributed by atoms with E-state index in [0.29, 0.717) is 5.69 Å². The summed E-state index contributed by atoms with van der Waals surface area (Å²) in [4.78, 5) is 16.0. The fourth-order valence-electron chi connectivity index (χ4n) is 2.55. The van der Waals surface area contributed by atoms with Crippen LogP contribution in [0, 0.1) is 12.7 Å². The van der Waals surface area contributed by atoms with E-state index in [1.807, 2.05) is 0 Å². The summed E-state index contributed by atoms with van der Waals surface area (Å²) < 4.78 is 41.4. The number of nitrogens with zero attached hydrogens (tertiary/aromatic N) is 4. The molecule has 1 amide bonds. The number of hydrogen-bond acceptors (Lipinski definition) is 5. The highest BCUT2D eigenvalue weighted by molar-refractivity contribution is 7.91. The van der Waals surface area contributed by atoms with Crippen molar-refractivity contribution in [2.24, 2.45) is 0 Å². The summed E-state index contributed by atoms with van der Waals surface area (Å²) in [6, 6.07) is 8.08. The van der Waals surface area contributed by atoms with E-state index in [4.69, 9.17) is 16.7 Å². The Labute approximate surface area is 171 Å². The van der Waals surface area contributed by atoms with Crippen molar-refractivity contribution in [1.82, 2.24) is 19.7 Å². The Hall–Kier alpha value is -2.98. The first-order chi connectivity index (χ1) is 13.6. The minimum atomic E-state index is -4.11. The van der Waals surface area contributed by atoms with Gasteiger partial charge in [0.2, 0.25) is 9.84 Å². The molecule has 0 spiro atoms. The Balaban J connectivity index is 2.21. The maximum absolute atomic E-state index is 14.0. The Kier molecular flexibility index (Phi) is 5.58. The summed E-state index contributed by atoms with van der Waals surface area (Å²) in [6.07, 6.45) is -0.00593. The normalized spacial score (nSPS) is 11.4. The maximum Gasteiger partial charge on any atom is 0.407 e. The lowest BCUT2D eigenvalue weighted by atomic mass is 10.3. The van der Waals surface area contributed by atoms with E-state index in [-0.39, 0.29) is 32.9 Å². The molecule has 0 saturated carbocycles. The third-order valence-corrected chi connectivity index (χ3v) is 6.16. The van der Waals surface area contributed by atoms with Crippen molar-refractivity contribution in [2.45, 2.75) is 23.4 Å². The van der Waals surface area contributed by atoms with Gasteiger partial charge in [-0.3, -0.25) is 4.98 Å². The standard InChI is InChI=1S/C18H16ClFN4O4S/c1-11-6-7-13(9-21-11)29(27,28)16-8-12(10-23(2)18(25)26)22-24(16)15-5-3-4-14(20)17(15)19/h3-9H,10H2,1-2H3,(H,25,26). The smallest absolute Gasteiger partial charge is 0.407 e. The second-order valence-corrected chi connectivity index (χ2v) is 8.51. The molecule has 0 atom stereocenters. The first kappa shape index (κ1) is 20.7. The van der Waals surface area contributed by atoms with E-state index < -0.39 is 21.7 Å². The highest BCUT2D eigenvalue weighted by Gasteiger charge is 2.27. The van der Waals surface area contributed by atoms with Gasteiger partial charge in [-0.25, -0.2) is 22.3 Å². The predicted octanol–water partition coefficient (Wildman–Crippen LogP) is 3.31. The molecular weight excluding hydrogens is 423 g/mol. The van der Waals surface area contributed by atoms with Crippen LogP contribution < -0.4 is 0 Å². The molecule has 152 valence electrons. The third kappa shape index (κ3) is 4.08. The van der Waals surface area contributed by atoms with Crippen molar-refractivity contribution in [1.29, 1.82) is 0 Å². The van der Waals surface area contributed by atoms with Gasteiger partial charge in [0, 0.05) is 25.0 Å². The fourth-order valence-corrected chi connectivity index (χ4v) is 4.10. The quantitative estimate of drug-likeness (QED) is 0.655. The van der Waals surface area contributed by atoms with Gasteiger partial charge >= 0.3 is 6.09 Å². The van der Waals surface area contributed by atoms with Gasteiger partial charge in [-0.15, -0.1) is 0 Å². The fraction of sp³-hybridized carbons (Fsp3) is 0.167. The van der Waals surface area contributed by atoms with Gasteiger partial charge in [0.1, 0.15) is 10.8 Å². The molecule has 3 aromatic rings. The highest BCUT2D eigenvalue weighted by Crippen LogP contribution is 2.29. The van der Waals surface area contributed by atoms with Crippen LogP contribution in [0.15, 0.2) is 52.5 Å². The van der Waals surface area contributed by atoms with Crippen molar-refractivity contribution in [3.63, 3.8) is 0 Å². The van der Waals surface area contributed by atoms with E-state index >= 15 is 0 Å². The number of benzene rings is 1. The van der Waals surface area contributed by atoms with Crippen molar-refractivity contribution < 1.29 is 22.7 Å². The van der Waals surface area contributed by atoms with Crippen LogP contribution in [0.4, 0.5) is 9.18 Å². The second-order valence-electron chi connectivity index (χ2n) is 6.24. The van der Waals surface area contributed by atoms with E-state index in [9.17, 15) is 17.6 Å². The molecule has 0 saturated heterocycles. The second kappa shape index (κ2) is 7.80. The zero-order valence-electron chi connectivity index (χ0n) is 15.4. The van der Waals surface area contributed by atoms with Crippen LogP contribution in [0.1, 0.15) is 11.4 Å². The molecule has 1 N–H and O–H groups in total. The number of aromatic nitrogens is 3. The molecule has 2 heterocycles. The summed E-state index contributed by atoms with van der Waals surface area (Å²) in [6.45, 7) is 1.54. The van der Waals surface area contributed by atoms with Crippen molar-refractivity contribution in [3.05, 3.63) is 64.8 Å². The third-order valence-electron chi connectivity index (χ3n) is 4.08. The van der Waals surface area contributed by atoms with Gasteiger partial charge in [-0.1, -0.05) is 17.7 Å². The van der Waals surface area contributed by atoms with Crippen LogP contribution in [-0.4, -0.2) is 46.3 Å². The summed E-state index contributed by atoms with van der Waals surface area (Å²) in [5.41, 5.74) is 0.790. The van der Waals surface area contributed by atoms with Gasteiger partial charge in [-0.2, -0.15) is 5.10 Å². The summed E-state index contributed by atoms with van der Waals surface area (Å²) in [5.74, 6) is -0.746. The number of carbonyl (C=O) groups is 1. The summed E-state index contributed by atoms with van der Waals surface area (Å²) in [7, 11) is -2.79. The molecule has 0 unspecified atom stereocenters. The van der Waals surface area contributed by atoms with Gasteiger partial charge in [0.15, 0.2) is 5.03 Å². The minimum absolute atomic E-state index is 0.00883. The Morgan fingerprint density at radius 1 is 1.31 bits per heavy atom. The number of sulfone groups is 1. The van der Waals surface area contributed by atoms with Gasteiger partial charge in [0.25, 0.3) is 0 Å². The number of pyridine rings is 1. The Bertz CT molecular complexity index is 1180. The summed E-state index contributed by atoms with van der Waals surface area (Å²) in [5, 5.41) is 12.6. The Morgan fingerprint density at radius 2 is 2.03 bits per heavy atom. The molecule has 2 aromatic heterocycles. The SMILES string of the molecule is Cc1ccc(S(=O)(=O)c2cc(CN(C)C(=O)O)nn2-c2cccc(F)c2Cl)cn1. The molecule has 0 aliphatic rings. The average Bonchev–Trinajstić information content (AvgIpc) is 3.08. The molecule has 11 heteroatoms. The lowest BCUT2D eigenvalue weighted by Gasteiger charge is -2.11. The number of hydrogen-bond donors (Lipinski definition) is 1. The Morgan fingerprint density at radius 3 is 2.66 bits per heavy atom. The molecule has 0 aliphatic heterocycles. The first-order valence-electron chi connectivity index (χ1n) is 8.26. The number of halogens is 2. The highest BCUT2D eigenvalue weighted by atomic mass is 35.5. The monoisotopic (exact) mass is 438 g/mol. The van der Waals surface area contributed by atoms with Crippen molar-refractivity contribution in [3.8, 4) is 5.69 Å². The molecule has 3 rings (SSSR count). The van der Waals surface area contributed by atoms with Crippen LogP contribution >= 0.6 is 11.6 Å². The number of amides is 1. The molecule has 29 heavy (non-hydrogen) atoms. The van der Waals surface area contributed by atoms with Crippen LogP contribution in [0.5, 0.6) is 0 Å². The number of aryl methyl sites for hydroxylation is 1. The minimum Gasteiger partial charge on any atom is -0.465 e. The lowest BCUT2D eigenvalue weighted by Crippen LogP contribution is -2.24. The van der Waals surface area contributed by atoms with Gasteiger partial charge in [-0.05, 0) is 31.2 Å². The van der Waals surface area contributed by atoms with E-state index in [0.717, 1.165) is 15.6 Å². The zero-order chi connectivity index (χ0) is 21.3. The van der Waals surface area contributed by atoms with Crippen molar-refractivity contribution in [2.75, 3.05) is 7.05 Å². The molecule has 8 nitrogen and oxygen atoms in total. The molecule has 1 aromatic carbocycles. The predicted molar refractivity (Wildman–Crippen MR) is 102 cm³/mol. The lowest BCUT2D eigenvalue weighted by molar-refractivity contribution is 0.153. The topological polar surface area (TPSA) is 105 Å².